The van der Waals surface area contributed by atoms with E-state index in [1.807, 2.05) is 13.8 Å². The van der Waals surface area contributed by atoms with Crippen molar-refractivity contribution in [2.24, 2.45) is 5.92 Å². The Balaban J connectivity index is 1.80. The number of hydrogen-bond donors (Lipinski definition) is 1. The quantitative estimate of drug-likeness (QED) is 0.599. The van der Waals surface area contributed by atoms with Crippen molar-refractivity contribution in [2.45, 2.75) is 32.7 Å². The lowest BCUT2D eigenvalue weighted by molar-refractivity contribution is -0.124. The van der Waals surface area contributed by atoms with Crippen LogP contribution in [0.5, 0.6) is 11.5 Å². The van der Waals surface area contributed by atoms with E-state index in [1.54, 1.807) is 55.6 Å². The molecular weight excluding hydrogens is 410 g/mol. The summed E-state index contributed by atoms with van der Waals surface area (Å²) >= 11 is 0. The van der Waals surface area contributed by atoms with Gasteiger partial charge in [-0.15, -0.1) is 0 Å². The molecule has 1 aliphatic rings. The van der Waals surface area contributed by atoms with Gasteiger partial charge in [-0.2, -0.15) is 0 Å². The van der Waals surface area contributed by atoms with E-state index in [4.69, 9.17) is 9.47 Å². The van der Waals surface area contributed by atoms with Crippen molar-refractivity contribution in [2.75, 3.05) is 31.0 Å². The highest BCUT2D eigenvalue weighted by atomic mass is 16.5. The van der Waals surface area contributed by atoms with Gasteiger partial charge in [-0.3, -0.25) is 9.59 Å². The fourth-order valence-corrected chi connectivity index (χ4v) is 3.53. The van der Waals surface area contributed by atoms with Crippen LogP contribution in [-0.2, 0) is 9.59 Å². The minimum atomic E-state index is -0.870. The number of imide groups is 1. The number of rotatable bonds is 9. The second-order valence-corrected chi connectivity index (χ2v) is 8.03. The molecule has 1 heterocycles. The smallest absolute Gasteiger partial charge is 0.332 e. The van der Waals surface area contributed by atoms with Gasteiger partial charge < -0.3 is 19.7 Å². The summed E-state index contributed by atoms with van der Waals surface area (Å²) < 4.78 is 10.4. The number of ether oxygens (including phenoxy) is 2. The second kappa shape index (κ2) is 10.2. The van der Waals surface area contributed by atoms with Gasteiger partial charge in [-0.05, 0) is 48.7 Å². The average Bonchev–Trinajstić information content (AvgIpc) is 3.01. The number of nitrogens with one attached hydrogen (secondary N) is 1. The molecule has 170 valence electrons. The van der Waals surface area contributed by atoms with E-state index >= 15 is 0 Å². The van der Waals surface area contributed by atoms with Gasteiger partial charge in [-0.25, -0.2) is 9.69 Å². The zero-order valence-electron chi connectivity index (χ0n) is 18.8. The SMILES string of the molecule is COc1ccc(NC(=O)C[C@H]2C(=O)N(c3cccc(OC)c3)C(=O)N2CCC(C)C)cc1. The zero-order valence-corrected chi connectivity index (χ0v) is 18.8. The monoisotopic (exact) mass is 439 g/mol. The number of benzene rings is 2. The minimum absolute atomic E-state index is 0.130. The molecule has 1 saturated heterocycles. The van der Waals surface area contributed by atoms with Crippen LogP contribution >= 0.6 is 0 Å². The van der Waals surface area contributed by atoms with Crippen LogP contribution in [0.2, 0.25) is 0 Å². The van der Waals surface area contributed by atoms with Crippen molar-refractivity contribution in [3.05, 3.63) is 48.5 Å². The Bertz CT molecular complexity index is 974. The normalized spacial score (nSPS) is 16.0. The van der Waals surface area contributed by atoms with Crippen molar-refractivity contribution >= 4 is 29.2 Å². The van der Waals surface area contributed by atoms with Gasteiger partial charge in [-0.1, -0.05) is 19.9 Å². The topological polar surface area (TPSA) is 88.2 Å². The molecular formula is C24H29N3O5. The molecule has 0 bridgehead atoms. The Hall–Kier alpha value is -3.55. The van der Waals surface area contributed by atoms with Crippen LogP contribution in [0.3, 0.4) is 0 Å². The molecule has 1 atom stereocenters. The lowest BCUT2D eigenvalue weighted by Gasteiger charge is -2.22. The predicted molar refractivity (Wildman–Crippen MR) is 122 cm³/mol. The lowest BCUT2D eigenvalue weighted by atomic mass is 10.1. The summed E-state index contributed by atoms with van der Waals surface area (Å²) in [4.78, 5) is 41.8. The summed E-state index contributed by atoms with van der Waals surface area (Å²) in [5.41, 5.74) is 1.01. The fraction of sp³-hybridized carbons (Fsp3) is 0.375. The van der Waals surface area contributed by atoms with E-state index in [2.05, 4.69) is 5.32 Å². The maximum atomic E-state index is 13.3. The van der Waals surface area contributed by atoms with Crippen LogP contribution in [-0.4, -0.2) is 49.6 Å². The van der Waals surface area contributed by atoms with Crippen molar-refractivity contribution in [1.82, 2.24) is 4.90 Å². The van der Waals surface area contributed by atoms with Gasteiger partial charge in [0.15, 0.2) is 0 Å². The summed E-state index contributed by atoms with van der Waals surface area (Å²) in [5, 5.41) is 2.79. The molecule has 0 spiro atoms. The Morgan fingerprint density at radius 3 is 2.34 bits per heavy atom. The van der Waals surface area contributed by atoms with Crippen molar-refractivity contribution in [3.8, 4) is 11.5 Å². The van der Waals surface area contributed by atoms with Crippen LogP contribution < -0.4 is 19.7 Å². The fourth-order valence-electron chi connectivity index (χ4n) is 3.53. The number of amides is 4. The summed E-state index contributed by atoms with van der Waals surface area (Å²) in [5.74, 6) is 0.795. The molecule has 32 heavy (non-hydrogen) atoms. The number of carbonyl (C=O) groups is 3. The van der Waals surface area contributed by atoms with Gasteiger partial charge in [0.25, 0.3) is 5.91 Å². The van der Waals surface area contributed by atoms with Gasteiger partial charge in [0.2, 0.25) is 5.91 Å². The predicted octanol–water partition coefficient (Wildman–Crippen LogP) is 3.92. The molecule has 2 aromatic carbocycles. The maximum Gasteiger partial charge on any atom is 0.332 e. The van der Waals surface area contributed by atoms with Crippen LogP contribution in [0.1, 0.15) is 26.7 Å². The van der Waals surface area contributed by atoms with Gasteiger partial charge in [0.05, 0.1) is 26.3 Å². The highest BCUT2D eigenvalue weighted by molar-refractivity contribution is 6.22. The highest BCUT2D eigenvalue weighted by Gasteiger charge is 2.46. The van der Waals surface area contributed by atoms with Crippen LogP contribution in [0, 0.1) is 5.92 Å². The molecule has 8 heteroatoms. The van der Waals surface area contributed by atoms with Crippen LogP contribution in [0.4, 0.5) is 16.2 Å². The Morgan fingerprint density at radius 1 is 1.03 bits per heavy atom. The van der Waals surface area contributed by atoms with E-state index in [0.717, 1.165) is 11.3 Å². The van der Waals surface area contributed by atoms with Crippen molar-refractivity contribution in [3.63, 3.8) is 0 Å². The third kappa shape index (κ3) is 5.19. The molecule has 1 fully saturated rings. The van der Waals surface area contributed by atoms with Gasteiger partial charge in [0, 0.05) is 18.3 Å². The Labute approximate surface area is 188 Å². The van der Waals surface area contributed by atoms with E-state index in [0.29, 0.717) is 35.3 Å². The first kappa shape index (κ1) is 23.1. The van der Waals surface area contributed by atoms with E-state index in [-0.39, 0.29) is 12.3 Å². The zero-order chi connectivity index (χ0) is 23.3. The number of methoxy groups -OCH3 is 2. The van der Waals surface area contributed by atoms with Crippen molar-refractivity contribution < 1.29 is 23.9 Å². The first-order chi connectivity index (χ1) is 15.3. The number of urea groups is 1. The average molecular weight is 440 g/mol. The van der Waals surface area contributed by atoms with Gasteiger partial charge in [0.1, 0.15) is 17.5 Å². The van der Waals surface area contributed by atoms with E-state index in [9.17, 15) is 14.4 Å². The largest absolute Gasteiger partial charge is 0.497 e. The summed E-state index contributed by atoms with van der Waals surface area (Å²) in [6, 6.07) is 12.4. The standard InChI is InChI=1S/C24H29N3O5/c1-16(2)12-13-26-21(15-22(28)25-17-8-10-19(31-3)11-9-17)23(29)27(24(26)30)18-6-5-7-20(14-18)32-4/h5-11,14,16,21H,12-13,15H2,1-4H3,(H,25,28)/t21-/m0/s1. The third-order valence-electron chi connectivity index (χ3n) is 5.33. The molecule has 8 nitrogen and oxygen atoms in total. The molecule has 1 N–H and O–H groups in total. The first-order valence-corrected chi connectivity index (χ1v) is 10.6. The molecule has 1 aliphatic heterocycles. The molecule has 4 amide bonds. The number of anilines is 2. The van der Waals surface area contributed by atoms with E-state index < -0.39 is 18.0 Å². The summed E-state index contributed by atoms with van der Waals surface area (Å²) in [6.07, 6.45) is 0.594. The molecule has 0 unspecified atom stereocenters. The first-order valence-electron chi connectivity index (χ1n) is 10.6. The second-order valence-electron chi connectivity index (χ2n) is 8.03. The molecule has 3 rings (SSSR count). The summed E-state index contributed by atoms with van der Waals surface area (Å²) in [6.45, 7) is 4.49. The number of hydrogen-bond acceptors (Lipinski definition) is 5. The number of carbonyl (C=O) groups excluding carboxylic acids is 3. The van der Waals surface area contributed by atoms with Crippen LogP contribution in [0.15, 0.2) is 48.5 Å². The highest BCUT2D eigenvalue weighted by Crippen LogP contribution is 2.30. The molecule has 0 radical (unpaired) electrons. The Kier molecular flexibility index (Phi) is 7.35. The lowest BCUT2D eigenvalue weighted by Crippen LogP contribution is -2.39. The molecule has 0 saturated carbocycles. The van der Waals surface area contributed by atoms with Crippen molar-refractivity contribution in [1.29, 1.82) is 0 Å². The molecule has 0 aliphatic carbocycles. The maximum absolute atomic E-state index is 13.3. The Morgan fingerprint density at radius 2 is 1.72 bits per heavy atom. The minimum Gasteiger partial charge on any atom is -0.497 e. The van der Waals surface area contributed by atoms with Gasteiger partial charge >= 0.3 is 6.03 Å². The molecule has 0 aromatic heterocycles. The summed E-state index contributed by atoms with van der Waals surface area (Å²) in [7, 11) is 3.09. The third-order valence-corrected chi connectivity index (χ3v) is 5.33. The van der Waals surface area contributed by atoms with E-state index in [1.165, 1.54) is 12.0 Å². The van der Waals surface area contributed by atoms with Crippen LogP contribution in [0.25, 0.3) is 0 Å². The molecule has 2 aromatic rings. The number of nitrogens with zero attached hydrogens (tertiary/aromatic N) is 2.